The van der Waals surface area contributed by atoms with Crippen molar-refractivity contribution in [1.29, 1.82) is 0 Å². The molecule has 1 unspecified atom stereocenters. The van der Waals surface area contributed by atoms with Crippen molar-refractivity contribution in [2.45, 2.75) is 57.9 Å². The number of hydrogen-bond donors (Lipinski definition) is 2. The summed E-state index contributed by atoms with van der Waals surface area (Å²) in [5.74, 6) is 0. The lowest BCUT2D eigenvalue weighted by atomic mass is 9.99. The monoisotopic (exact) mass is 389 g/mol. The molecule has 1 fully saturated rings. The number of aryl methyl sites for hydroxylation is 2. The highest BCUT2D eigenvalue weighted by Crippen LogP contribution is 2.38. The Morgan fingerprint density at radius 2 is 1.85 bits per heavy atom. The molecule has 1 heterocycles. The van der Waals surface area contributed by atoms with Crippen LogP contribution in [0.2, 0.25) is 0 Å². The van der Waals surface area contributed by atoms with Gasteiger partial charge in [0.15, 0.2) is 0 Å². The topological polar surface area (TPSA) is 78.5 Å². The third-order valence-electron chi connectivity index (χ3n) is 6.01. The van der Waals surface area contributed by atoms with Crippen molar-refractivity contribution >= 4 is 21.7 Å². The highest BCUT2D eigenvalue weighted by molar-refractivity contribution is 7.92. The molecule has 1 aliphatic heterocycles. The Morgan fingerprint density at radius 3 is 2.41 bits per heavy atom. The number of sulfonamides is 1. The van der Waals surface area contributed by atoms with Gasteiger partial charge in [-0.25, -0.2) is 17.9 Å². The number of benzene rings is 1. The molecule has 1 aromatic carbocycles. The number of amides is 2. The second-order valence-corrected chi connectivity index (χ2v) is 9.21. The highest BCUT2D eigenvalue weighted by Gasteiger charge is 2.26. The van der Waals surface area contributed by atoms with E-state index in [1.165, 1.54) is 22.3 Å². The Hall–Kier alpha value is -1.86. The molecule has 27 heavy (non-hydrogen) atoms. The van der Waals surface area contributed by atoms with Gasteiger partial charge in [-0.3, -0.25) is 4.90 Å². The second kappa shape index (κ2) is 7.28. The maximum Gasteiger partial charge on any atom is 0.333 e. The van der Waals surface area contributed by atoms with Crippen molar-refractivity contribution in [2.75, 3.05) is 18.4 Å². The Morgan fingerprint density at radius 1 is 1.19 bits per heavy atom. The van der Waals surface area contributed by atoms with Crippen molar-refractivity contribution in [3.63, 3.8) is 0 Å². The summed E-state index contributed by atoms with van der Waals surface area (Å²) in [5, 5.41) is 3.98. The first-order valence-corrected chi connectivity index (χ1v) is 11.4. The van der Waals surface area contributed by atoms with Crippen LogP contribution in [0.25, 0.3) is 0 Å². The van der Waals surface area contributed by atoms with Crippen LogP contribution in [0, 0.1) is 0 Å². The van der Waals surface area contributed by atoms with Crippen molar-refractivity contribution in [2.24, 2.45) is 0 Å². The van der Waals surface area contributed by atoms with Gasteiger partial charge in [-0.1, -0.05) is 19.1 Å². The van der Waals surface area contributed by atoms with E-state index in [-0.39, 0.29) is 6.04 Å². The van der Waals surface area contributed by atoms with Gasteiger partial charge in [0.05, 0.1) is 0 Å². The molecular formula is C20H27N3O3S. The molecule has 2 amide bonds. The molecule has 6 nitrogen and oxygen atoms in total. The van der Waals surface area contributed by atoms with Crippen molar-refractivity contribution in [3.05, 3.63) is 39.8 Å². The minimum absolute atomic E-state index is 0.148. The SMILES string of the molecule is CCN1CCC1C=CS(=O)(=O)NC(=O)Nc1c2c(cc3c1CCC3)CCC2. The van der Waals surface area contributed by atoms with E-state index in [0.717, 1.165) is 69.1 Å². The zero-order valence-corrected chi connectivity index (χ0v) is 16.6. The predicted octanol–water partition coefficient (Wildman–Crippen LogP) is 2.72. The summed E-state index contributed by atoms with van der Waals surface area (Å²) in [6.45, 7) is 3.94. The van der Waals surface area contributed by atoms with Gasteiger partial charge in [0.1, 0.15) is 0 Å². The Bertz CT molecular complexity index is 858. The van der Waals surface area contributed by atoms with Crippen LogP contribution < -0.4 is 10.0 Å². The van der Waals surface area contributed by atoms with E-state index in [9.17, 15) is 13.2 Å². The van der Waals surface area contributed by atoms with Gasteiger partial charge >= 0.3 is 6.03 Å². The Labute approximate surface area is 161 Å². The molecule has 146 valence electrons. The number of nitrogens with zero attached hydrogens (tertiary/aromatic N) is 1. The zero-order chi connectivity index (χ0) is 19.0. The van der Waals surface area contributed by atoms with Crippen molar-refractivity contribution in [3.8, 4) is 0 Å². The molecule has 1 atom stereocenters. The minimum atomic E-state index is -3.80. The molecule has 0 radical (unpaired) electrons. The summed E-state index contributed by atoms with van der Waals surface area (Å²) in [5.41, 5.74) is 5.83. The van der Waals surface area contributed by atoms with Crippen molar-refractivity contribution in [1.82, 2.24) is 9.62 Å². The van der Waals surface area contributed by atoms with Crippen LogP contribution in [0.5, 0.6) is 0 Å². The van der Waals surface area contributed by atoms with Gasteiger partial charge in [-0.2, -0.15) is 0 Å². The van der Waals surface area contributed by atoms with E-state index in [1.54, 1.807) is 6.08 Å². The molecule has 0 aromatic heterocycles. The van der Waals surface area contributed by atoms with E-state index in [2.05, 4.69) is 27.9 Å². The van der Waals surface area contributed by atoms with E-state index >= 15 is 0 Å². The van der Waals surface area contributed by atoms with Crippen LogP contribution in [0.15, 0.2) is 17.6 Å². The van der Waals surface area contributed by atoms with Gasteiger partial charge in [0, 0.05) is 23.7 Å². The van der Waals surface area contributed by atoms with Crippen LogP contribution in [0.3, 0.4) is 0 Å². The normalized spacial score (nSPS) is 21.7. The zero-order valence-electron chi connectivity index (χ0n) is 15.8. The number of rotatable bonds is 5. The second-order valence-electron chi connectivity index (χ2n) is 7.65. The fourth-order valence-electron chi connectivity index (χ4n) is 4.53. The van der Waals surface area contributed by atoms with Crippen LogP contribution in [0.4, 0.5) is 10.5 Å². The lowest BCUT2D eigenvalue weighted by Crippen LogP contribution is -2.46. The summed E-state index contributed by atoms with van der Waals surface area (Å²) in [4.78, 5) is 14.6. The number of carbonyl (C=O) groups is 1. The number of nitrogens with one attached hydrogen (secondary N) is 2. The fourth-order valence-corrected chi connectivity index (χ4v) is 5.30. The maximum atomic E-state index is 12.4. The minimum Gasteiger partial charge on any atom is -0.307 e. The average molecular weight is 390 g/mol. The summed E-state index contributed by atoms with van der Waals surface area (Å²) in [7, 11) is -3.80. The number of carbonyl (C=O) groups excluding carboxylic acids is 1. The number of anilines is 1. The smallest absolute Gasteiger partial charge is 0.307 e. The standard InChI is InChI=1S/C20H27N3O3S/c1-2-23-11-9-16(23)10-12-27(25,26)22-20(24)21-19-17-7-3-5-14(17)13-15-6-4-8-18(15)19/h10,12-13,16H,2-9,11H2,1H3,(H2,21,22,24). The fraction of sp³-hybridized carbons (Fsp3) is 0.550. The summed E-state index contributed by atoms with van der Waals surface area (Å²) < 4.78 is 26.7. The summed E-state index contributed by atoms with van der Waals surface area (Å²) >= 11 is 0. The van der Waals surface area contributed by atoms with Gasteiger partial charge in [-0.15, -0.1) is 0 Å². The largest absolute Gasteiger partial charge is 0.333 e. The average Bonchev–Trinajstić information content (AvgIpc) is 3.22. The van der Waals surface area contributed by atoms with Gasteiger partial charge in [-0.05, 0) is 73.7 Å². The van der Waals surface area contributed by atoms with Crippen LogP contribution in [-0.2, 0) is 35.7 Å². The van der Waals surface area contributed by atoms with Gasteiger partial charge < -0.3 is 5.32 Å². The molecule has 0 saturated carbocycles. The number of likely N-dealkylation sites (N-methyl/N-ethyl adjacent to an activating group) is 1. The predicted molar refractivity (Wildman–Crippen MR) is 106 cm³/mol. The van der Waals surface area contributed by atoms with Gasteiger partial charge in [0.2, 0.25) is 0 Å². The number of hydrogen-bond acceptors (Lipinski definition) is 4. The molecule has 0 bridgehead atoms. The molecule has 1 aromatic rings. The third kappa shape index (κ3) is 3.75. The molecule has 2 aliphatic carbocycles. The van der Waals surface area contributed by atoms with E-state index in [0.29, 0.717) is 0 Å². The lowest BCUT2D eigenvalue weighted by Gasteiger charge is -2.38. The summed E-state index contributed by atoms with van der Waals surface area (Å²) in [6, 6.07) is 1.76. The van der Waals surface area contributed by atoms with E-state index in [1.807, 2.05) is 0 Å². The van der Waals surface area contributed by atoms with Crippen LogP contribution >= 0.6 is 0 Å². The third-order valence-corrected chi connectivity index (χ3v) is 7.00. The molecule has 7 heteroatoms. The summed E-state index contributed by atoms with van der Waals surface area (Å²) in [6.07, 6.45) is 8.76. The van der Waals surface area contributed by atoms with E-state index in [4.69, 9.17) is 0 Å². The van der Waals surface area contributed by atoms with Crippen LogP contribution in [-0.4, -0.2) is 38.5 Å². The highest BCUT2D eigenvalue weighted by atomic mass is 32.2. The number of likely N-dealkylation sites (tertiary alicyclic amines) is 1. The molecular weight excluding hydrogens is 362 g/mol. The van der Waals surface area contributed by atoms with E-state index < -0.39 is 16.1 Å². The molecule has 1 saturated heterocycles. The first-order valence-electron chi connectivity index (χ1n) is 9.89. The maximum absolute atomic E-state index is 12.4. The lowest BCUT2D eigenvalue weighted by molar-refractivity contribution is 0.134. The van der Waals surface area contributed by atoms with Gasteiger partial charge in [0.25, 0.3) is 10.0 Å². The van der Waals surface area contributed by atoms with Crippen LogP contribution in [0.1, 0.15) is 48.4 Å². The Balaban J connectivity index is 1.46. The number of urea groups is 1. The van der Waals surface area contributed by atoms with Crippen molar-refractivity contribution < 1.29 is 13.2 Å². The quantitative estimate of drug-likeness (QED) is 0.812. The first-order chi connectivity index (χ1) is 13.0. The molecule has 4 rings (SSSR count). The molecule has 2 N–H and O–H groups in total. The first kappa shape index (κ1) is 18.5. The molecule has 3 aliphatic rings. The number of fused-ring (bicyclic) bond motifs is 2. The molecule has 0 spiro atoms. The Kier molecular flexibility index (Phi) is 4.99.